The Morgan fingerprint density at radius 3 is 3.00 bits per heavy atom. The van der Waals surface area contributed by atoms with Gasteiger partial charge in [0.15, 0.2) is 0 Å². The van der Waals surface area contributed by atoms with Gasteiger partial charge < -0.3 is 15.0 Å². The van der Waals surface area contributed by atoms with Crippen LogP contribution in [-0.4, -0.2) is 48.0 Å². The molecule has 2 aromatic rings. The maximum atomic E-state index is 12.3. The smallest absolute Gasteiger partial charge is 0.231 e. The lowest BCUT2D eigenvalue weighted by Crippen LogP contribution is -2.41. The van der Waals surface area contributed by atoms with E-state index in [1.54, 1.807) is 0 Å². The molecule has 1 aromatic carbocycles. The van der Waals surface area contributed by atoms with E-state index in [1.807, 2.05) is 35.4 Å². The van der Waals surface area contributed by atoms with Crippen LogP contribution in [0.5, 0.6) is 0 Å². The van der Waals surface area contributed by atoms with Crippen molar-refractivity contribution in [2.45, 2.75) is 19.3 Å². The minimum absolute atomic E-state index is 0.0298. The molecule has 1 N–H and O–H groups in total. The molecule has 25 heavy (non-hydrogen) atoms. The van der Waals surface area contributed by atoms with Crippen LogP contribution < -0.4 is 5.32 Å². The van der Waals surface area contributed by atoms with Gasteiger partial charge >= 0.3 is 0 Å². The lowest BCUT2D eigenvalue weighted by molar-refractivity contribution is -0.134. The van der Waals surface area contributed by atoms with Crippen molar-refractivity contribution in [3.63, 3.8) is 0 Å². The van der Waals surface area contributed by atoms with Crippen LogP contribution in [-0.2, 0) is 20.7 Å². The van der Waals surface area contributed by atoms with Crippen molar-refractivity contribution in [3.05, 3.63) is 34.2 Å². The lowest BCUT2D eigenvalue weighted by Gasteiger charge is -2.26. The molecule has 0 radical (unpaired) electrons. The van der Waals surface area contributed by atoms with Crippen molar-refractivity contribution in [3.8, 4) is 11.3 Å². The predicted molar refractivity (Wildman–Crippen MR) is 95.7 cm³/mol. The zero-order valence-electron chi connectivity index (χ0n) is 13.9. The summed E-state index contributed by atoms with van der Waals surface area (Å²) in [6, 6.07) is 5.89. The number of rotatable bonds is 3. The Morgan fingerprint density at radius 2 is 2.20 bits per heavy atom. The number of aromatic nitrogens is 1. The lowest BCUT2D eigenvalue weighted by atomic mass is 10.00. The number of carbonyl (C=O) groups excluding carboxylic acids is 2. The molecule has 7 heteroatoms. The molecule has 0 bridgehead atoms. The second kappa shape index (κ2) is 6.57. The third-order valence-electron chi connectivity index (χ3n) is 4.68. The first-order valence-electron chi connectivity index (χ1n) is 8.37. The fourth-order valence-corrected chi connectivity index (χ4v) is 3.95. The third kappa shape index (κ3) is 3.17. The van der Waals surface area contributed by atoms with Gasteiger partial charge in [-0.2, -0.15) is 0 Å². The number of nitrogens with one attached hydrogen (secondary N) is 1. The highest BCUT2D eigenvalue weighted by molar-refractivity contribution is 7.10. The Hall–Kier alpha value is -2.25. The standard InChI is InChI=1S/C18H19N3O3S/c1-11-13-8-12(2-3-14(13)20-18(11)23)15-10-25-16(19-15)9-17(22)21-4-6-24-7-5-21/h2-3,8,10-11H,4-7,9H2,1H3,(H,20,23)/t11-/m0/s1. The summed E-state index contributed by atoms with van der Waals surface area (Å²) in [5, 5.41) is 5.66. The summed E-state index contributed by atoms with van der Waals surface area (Å²) in [5.74, 6) is -0.0141. The predicted octanol–water partition coefficient (Wildman–Crippen LogP) is 2.27. The maximum absolute atomic E-state index is 12.3. The highest BCUT2D eigenvalue weighted by Gasteiger charge is 2.27. The largest absolute Gasteiger partial charge is 0.378 e. The van der Waals surface area contributed by atoms with Gasteiger partial charge in [-0.25, -0.2) is 4.98 Å². The van der Waals surface area contributed by atoms with Gasteiger partial charge in [-0.05, 0) is 24.6 Å². The third-order valence-corrected chi connectivity index (χ3v) is 5.53. The molecular weight excluding hydrogens is 338 g/mol. The fraction of sp³-hybridized carbons (Fsp3) is 0.389. The minimum Gasteiger partial charge on any atom is -0.378 e. The van der Waals surface area contributed by atoms with Crippen molar-refractivity contribution in [1.82, 2.24) is 9.88 Å². The Labute approximate surface area is 149 Å². The zero-order valence-corrected chi connectivity index (χ0v) is 14.8. The first kappa shape index (κ1) is 16.2. The first-order valence-corrected chi connectivity index (χ1v) is 9.25. The van der Waals surface area contributed by atoms with Gasteiger partial charge in [0, 0.05) is 29.7 Å². The van der Waals surface area contributed by atoms with E-state index in [0.717, 1.165) is 27.5 Å². The molecule has 6 nitrogen and oxygen atoms in total. The van der Waals surface area contributed by atoms with Crippen molar-refractivity contribution >= 4 is 28.8 Å². The number of ether oxygens (including phenoxy) is 1. The van der Waals surface area contributed by atoms with Crippen molar-refractivity contribution < 1.29 is 14.3 Å². The van der Waals surface area contributed by atoms with E-state index in [4.69, 9.17) is 4.74 Å². The van der Waals surface area contributed by atoms with Gasteiger partial charge in [-0.3, -0.25) is 9.59 Å². The zero-order chi connectivity index (χ0) is 17.4. The van der Waals surface area contributed by atoms with E-state index < -0.39 is 0 Å². The molecule has 0 unspecified atom stereocenters. The summed E-state index contributed by atoms with van der Waals surface area (Å²) >= 11 is 1.50. The molecule has 1 saturated heterocycles. The average molecular weight is 357 g/mol. The molecule has 2 aliphatic heterocycles. The van der Waals surface area contributed by atoms with Gasteiger partial charge in [0.1, 0.15) is 5.01 Å². The molecule has 1 aromatic heterocycles. The highest BCUT2D eigenvalue weighted by Crippen LogP contribution is 2.35. The van der Waals surface area contributed by atoms with Gasteiger partial charge in [-0.1, -0.05) is 6.07 Å². The first-order chi connectivity index (χ1) is 12.1. The van der Waals surface area contributed by atoms with E-state index >= 15 is 0 Å². The number of thiazole rings is 1. The van der Waals surface area contributed by atoms with Crippen LogP contribution >= 0.6 is 11.3 Å². The van der Waals surface area contributed by atoms with E-state index in [1.165, 1.54) is 11.3 Å². The normalized spacial score (nSPS) is 19.6. The van der Waals surface area contributed by atoms with E-state index in [2.05, 4.69) is 10.3 Å². The van der Waals surface area contributed by atoms with Crippen LogP contribution in [0.25, 0.3) is 11.3 Å². The van der Waals surface area contributed by atoms with Crippen LogP contribution in [0.15, 0.2) is 23.6 Å². The molecule has 4 rings (SSSR count). The number of amides is 2. The monoisotopic (exact) mass is 357 g/mol. The molecule has 130 valence electrons. The quantitative estimate of drug-likeness (QED) is 0.915. The molecule has 0 spiro atoms. The summed E-state index contributed by atoms with van der Waals surface area (Å²) in [6.45, 7) is 4.42. The van der Waals surface area contributed by atoms with Crippen LogP contribution in [0.1, 0.15) is 23.4 Å². The molecule has 1 fully saturated rings. The number of hydrogen-bond donors (Lipinski definition) is 1. The van der Waals surface area contributed by atoms with Crippen LogP contribution in [0.3, 0.4) is 0 Å². The number of morpholine rings is 1. The number of carbonyl (C=O) groups is 2. The van der Waals surface area contributed by atoms with Gasteiger partial charge in [0.05, 0.1) is 31.2 Å². The average Bonchev–Trinajstić information content (AvgIpc) is 3.21. The SMILES string of the molecule is C[C@@H]1C(=O)Nc2ccc(-c3csc(CC(=O)N4CCOCC4)n3)cc21. The Morgan fingerprint density at radius 1 is 1.40 bits per heavy atom. The van der Waals surface area contributed by atoms with E-state index in [9.17, 15) is 9.59 Å². The molecular formula is C18H19N3O3S. The highest BCUT2D eigenvalue weighted by atomic mass is 32.1. The molecule has 2 amide bonds. The van der Waals surface area contributed by atoms with Crippen molar-refractivity contribution in [2.24, 2.45) is 0 Å². The maximum Gasteiger partial charge on any atom is 0.231 e. The van der Waals surface area contributed by atoms with Gasteiger partial charge in [0.2, 0.25) is 11.8 Å². The number of hydrogen-bond acceptors (Lipinski definition) is 5. The summed E-state index contributed by atoms with van der Waals surface area (Å²) in [6.07, 6.45) is 0.325. The molecule has 0 aliphatic carbocycles. The van der Waals surface area contributed by atoms with E-state index in [0.29, 0.717) is 32.7 Å². The van der Waals surface area contributed by atoms with Crippen LogP contribution in [0.4, 0.5) is 5.69 Å². The second-order valence-corrected chi connectivity index (χ2v) is 7.25. The molecule has 3 heterocycles. The van der Waals surface area contributed by atoms with Crippen LogP contribution in [0.2, 0.25) is 0 Å². The summed E-state index contributed by atoms with van der Waals surface area (Å²) in [5.41, 5.74) is 3.70. The Balaban J connectivity index is 1.50. The minimum atomic E-state index is -0.143. The Kier molecular flexibility index (Phi) is 4.27. The van der Waals surface area contributed by atoms with Gasteiger partial charge in [-0.15, -0.1) is 11.3 Å². The van der Waals surface area contributed by atoms with E-state index in [-0.39, 0.29) is 17.7 Å². The molecule has 1 atom stereocenters. The Bertz CT molecular complexity index is 827. The topological polar surface area (TPSA) is 71.5 Å². The van der Waals surface area contributed by atoms with Crippen LogP contribution in [0, 0.1) is 0 Å². The van der Waals surface area contributed by atoms with Crippen molar-refractivity contribution in [2.75, 3.05) is 31.6 Å². The fourth-order valence-electron chi connectivity index (χ4n) is 3.15. The number of anilines is 1. The molecule has 0 saturated carbocycles. The van der Waals surface area contributed by atoms with Crippen molar-refractivity contribution in [1.29, 1.82) is 0 Å². The summed E-state index contributed by atoms with van der Waals surface area (Å²) < 4.78 is 5.28. The van der Waals surface area contributed by atoms with Gasteiger partial charge in [0.25, 0.3) is 0 Å². The number of fused-ring (bicyclic) bond motifs is 1. The number of nitrogens with zero attached hydrogens (tertiary/aromatic N) is 2. The summed E-state index contributed by atoms with van der Waals surface area (Å²) in [7, 11) is 0. The second-order valence-electron chi connectivity index (χ2n) is 6.31. The number of benzene rings is 1. The molecule has 2 aliphatic rings. The summed E-state index contributed by atoms with van der Waals surface area (Å²) in [4.78, 5) is 30.6.